The summed E-state index contributed by atoms with van der Waals surface area (Å²) in [6, 6.07) is 8.21. The van der Waals surface area contributed by atoms with E-state index in [4.69, 9.17) is 38.6 Å². The molecule has 13 heteroatoms. The van der Waals surface area contributed by atoms with Gasteiger partial charge in [0.2, 0.25) is 5.96 Å². The van der Waals surface area contributed by atoms with Crippen LogP contribution in [-0.2, 0) is 14.4 Å². The Morgan fingerprint density at radius 2 is 1.82 bits per heavy atom. The van der Waals surface area contributed by atoms with Gasteiger partial charge in [-0.1, -0.05) is 46.1 Å². The van der Waals surface area contributed by atoms with Crippen LogP contribution in [0.5, 0.6) is 0 Å². The second kappa shape index (κ2) is 8.52. The van der Waals surface area contributed by atoms with Gasteiger partial charge in [0, 0.05) is 0 Å². The molecule has 0 fully saturated rings. The van der Waals surface area contributed by atoms with E-state index in [1.54, 1.807) is 19.1 Å². The summed E-state index contributed by atoms with van der Waals surface area (Å²) in [7, 11) is -4.37. The topological polar surface area (TPSA) is 152 Å². The van der Waals surface area contributed by atoms with Crippen LogP contribution < -0.4 is 5.73 Å². The number of hydrogen-bond donors (Lipinski definition) is 2. The van der Waals surface area contributed by atoms with E-state index in [1.165, 1.54) is 24.3 Å². The Hall–Kier alpha value is -2.73. The molecule has 28 heavy (non-hydrogen) atoms. The minimum Gasteiger partial charge on any atom is -0.367 e. The number of benzene rings is 2. The highest BCUT2D eigenvalue weighted by molar-refractivity contribution is 7.86. The number of hydrogen-bond acceptors (Lipinski definition) is 7. The van der Waals surface area contributed by atoms with Gasteiger partial charge in [-0.3, -0.25) is 15.5 Å². The third kappa shape index (κ3) is 4.95. The van der Waals surface area contributed by atoms with Crippen LogP contribution in [0.4, 0.5) is 5.69 Å². The van der Waals surface area contributed by atoms with Crippen LogP contribution in [0, 0.1) is 22.4 Å². The SMILES string of the molecule is Cc1ccc(S(=O)(=O)ON(N=Cc2c(Cl)ccc(Cl)c2[N+](=O)[O-])C(=N)N)cc1. The van der Waals surface area contributed by atoms with Crippen molar-refractivity contribution in [1.29, 1.82) is 5.41 Å². The molecular formula is C15H13Cl2N5O5S. The summed E-state index contributed by atoms with van der Waals surface area (Å²) in [4.78, 5) is 10.2. The van der Waals surface area contributed by atoms with Gasteiger partial charge in [-0.05, 0) is 31.2 Å². The summed E-state index contributed by atoms with van der Waals surface area (Å²) in [5.74, 6) is -0.896. The van der Waals surface area contributed by atoms with Crippen molar-refractivity contribution in [2.75, 3.05) is 0 Å². The molecule has 148 valence electrons. The smallest absolute Gasteiger partial charge is 0.319 e. The molecule has 0 atom stereocenters. The number of halogens is 2. The summed E-state index contributed by atoms with van der Waals surface area (Å²) in [6.45, 7) is 1.77. The fourth-order valence-electron chi connectivity index (χ4n) is 1.94. The van der Waals surface area contributed by atoms with Gasteiger partial charge in [0.15, 0.2) is 0 Å². The lowest BCUT2D eigenvalue weighted by Gasteiger charge is -2.15. The molecule has 2 aromatic carbocycles. The van der Waals surface area contributed by atoms with Gasteiger partial charge in [0.1, 0.15) is 5.02 Å². The highest BCUT2D eigenvalue weighted by atomic mass is 35.5. The fourth-order valence-corrected chi connectivity index (χ4v) is 3.23. The molecule has 2 rings (SSSR count). The number of nitro groups is 1. The number of hydroxylamine groups is 1. The predicted molar refractivity (Wildman–Crippen MR) is 104 cm³/mol. The van der Waals surface area contributed by atoms with Gasteiger partial charge in [0.25, 0.3) is 5.69 Å². The van der Waals surface area contributed by atoms with Crippen LogP contribution in [-0.4, -0.2) is 30.7 Å². The Labute approximate surface area is 169 Å². The number of guanidine groups is 1. The van der Waals surface area contributed by atoms with E-state index in [-0.39, 0.29) is 25.7 Å². The maximum atomic E-state index is 12.3. The summed E-state index contributed by atoms with van der Waals surface area (Å²) in [5, 5.41) is 22.1. The monoisotopic (exact) mass is 445 g/mol. The van der Waals surface area contributed by atoms with Crippen molar-refractivity contribution in [3.8, 4) is 0 Å². The third-order valence-electron chi connectivity index (χ3n) is 3.27. The molecule has 0 spiro atoms. The lowest BCUT2D eigenvalue weighted by Crippen LogP contribution is -2.34. The summed E-state index contributed by atoms with van der Waals surface area (Å²) in [5.41, 5.74) is 5.34. The maximum Gasteiger partial charge on any atom is 0.319 e. The molecule has 0 aromatic heterocycles. The predicted octanol–water partition coefficient (Wildman–Crippen LogP) is 3.06. The van der Waals surface area contributed by atoms with Gasteiger partial charge >= 0.3 is 10.1 Å². The number of nitro benzene ring substituents is 1. The van der Waals surface area contributed by atoms with Crippen LogP contribution in [0.25, 0.3) is 0 Å². The number of hydrazone groups is 1. The van der Waals surface area contributed by atoms with Crippen molar-refractivity contribution in [1.82, 2.24) is 5.17 Å². The van der Waals surface area contributed by atoms with Crippen LogP contribution in [0.2, 0.25) is 10.0 Å². The number of nitrogens with zero attached hydrogens (tertiary/aromatic N) is 3. The van der Waals surface area contributed by atoms with Crippen molar-refractivity contribution in [2.45, 2.75) is 11.8 Å². The minimum atomic E-state index is -4.37. The average Bonchev–Trinajstić information content (AvgIpc) is 2.60. The molecule has 0 aliphatic heterocycles. The molecule has 0 saturated carbocycles. The Balaban J connectivity index is 2.39. The van der Waals surface area contributed by atoms with Crippen molar-refractivity contribution < 1.29 is 17.6 Å². The van der Waals surface area contributed by atoms with Gasteiger partial charge in [-0.2, -0.15) is 8.42 Å². The second-order valence-corrected chi connectivity index (χ2v) is 7.64. The summed E-state index contributed by atoms with van der Waals surface area (Å²) in [6.07, 6.45) is 0.818. The first-order valence-electron chi connectivity index (χ1n) is 7.34. The Morgan fingerprint density at radius 1 is 1.25 bits per heavy atom. The Morgan fingerprint density at radius 3 is 2.36 bits per heavy atom. The highest BCUT2D eigenvalue weighted by Gasteiger charge is 2.24. The van der Waals surface area contributed by atoms with Crippen molar-refractivity contribution in [3.05, 3.63) is 67.7 Å². The molecule has 0 saturated heterocycles. The molecule has 0 heterocycles. The van der Waals surface area contributed by atoms with E-state index in [0.717, 1.165) is 11.8 Å². The normalized spacial score (nSPS) is 11.5. The Kier molecular flexibility index (Phi) is 6.56. The molecule has 3 N–H and O–H groups in total. The second-order valence-electron chi connectivity index (χ2n) is 5.29. The first-order valence-corrected chi connectivity index (χ1v) is 9.51. The van der Waals surface area contributed by atoms with Gasteiger partial charge < -0.3 is 5.73 Å². The van der Waals surface area contributed by atoms with Crippen molar-refractivity contribution >= 4 is 51.2 Å². The number of rotatable bonds is 6. The summed E-state index contributed by atoms with van der Waals surface area (Å²) >= 11 is 11.7. The molecule has 0 aliphatic carbocycles. The summed E-state index contributed by atoms with van der Waals surface area (Å²) < 4.78 is 29.4. The first kappa shape index (κ1) is 21.6. The lowest BCUT2D eigenvalue weighted by molar-refractivity contribution is -0.384. The van der Waals surface area contributed by atoms with Gasteiger partial charge in [0.05, 0.1) is 26.6 Å². The number of nitrogens with two attached hydrogens (primary N) is 1. The average molecular weight is 446 g/mol. The van der Waals surface area contributed by atoms with Crippen LogP contribution >= 0.6 is 23.2 Å². The maximum absolute atomic E-state index is 12.3. The molecule has 10 nitrogen and oxygen atoms in total. The molecule has 0 aliphatic rings. The minimum absolute atomic E-state index is 0.0789. The van der Waals surface area contributed by atoms with E-state index < -0.39 is 26.7 Å². The van der Waals surface area contributed by atoms with Crippen molar-refractivity contribution in [2.24, 2.45) is 10.8 Å². The largest absolute Gasteiger partial charge is 0.367 e. The zero-order chi connectivity index (χ0) is 21.1. The van der Waals surface area contributed by atoms with E-state index >= 15 is 0 Å². The molecule has 2 aromatic rings. The molecule has 0 bridgehead atoms. The van der Waals surface area contributed by atoms with E-state index in [9.17, 15) is 18.5 Å². The number of nitrogens with one attached hydrogen (secondary N) is 1. The fraction of sp³-hybridized carbons (Fsp3) is 0.0667. The molecule has 0 amide bonds. The molecule has 0 unspecified atom stereocenters. The van der Waals surface area contributed by atoms with Crippen LogP contribution in [0.1, 0.15) is 11.1 Å². The standard InChI is InChI=1S/C15H13Cl2N5O5S/c1-9-2-4-10(5-3-9)28(25,26)27-21(15(18)19)20-8-11-12(16)6-7-13(17)14(11)22(23)24/h2-8H,1H3,(H3,18,19). The number of aryl methyl sites for hydroxylation is 1. The van der Waals surface area contributed by atoms with Crippen LogP contribution in [0.15, 0.2) is 46.4 Å². The van der Waals surface area contributed by atoms with Gasteiger partial charge in [-0.25, -0.2) is 0 Å². The zero-order valence-corrected chi connectivity index (χ0v) is 16.5. The van der Waals surface area contributed by atoms with E-state index in [2.05, 4.69) is 5.10 Å². The lowest BCUT2D eigenvalue weighted by atomic mass is 10.2. The Bertz CT molecular complexity index is 1060. The highest BCUT2D eigenvalue weighted by Crippen LogP contribution is 2.32. The van der Waals surface area contributed by atoms with E-state index in [1.807, 2.05) is 0 Å². The first-order chi connectivity index (χ1) is 13.0. The quantitative estimate of drug-likeness (QED) is 0.299. The third-order valence-corrected chi connectivity index (χ3v) is 5.09. The van der Waals surface area contributed by atoms with E-state index in [0.29, 0.717) is 0 Å². The zero-order valence-electron chi connectivity index (χ0n) is 14.2. The van der Waals surface area contributed by atoms with Crippen molar-refractivity contribution in [3.63, 3.8) is 0 Å². The van der Waals surface area contributed by atoms with Gasteiger partial charge in [-0.15, -0.1) is 9.39 Å². The molecular weight excluding hydrogens is 433 g/mol. The molecule has 0 radical (unpaired) electrons. The van der Waals surface area contributed by atoms with Crippen LogP contribution in [0.3, 0.4) is 0 Å².